The summed E-state index contributed by atoms with van der Waals surface area (Å²) in [5, 5.41) is 4.86. The number of benzene rings is 1. The fourth-order valence-corrected chi connectivity index (χ4v) is 1.87. The Labute approximate surface area is 101 Å². The van der Waals surface area contributed by atoms with Gasteiger partial charge in [-0.25, -0.2) is 9.37 Å². The molecule has 0 unspecified atom stereocenters. The van der Waals surface area contributed by atoms with E-state index < -0.39 is 5.82 Å². The van der Waals surface area contributed by atoms with E-state index in [9.17, 15) is 9.18 Å². The predicted octanol–water partition coefficient (Wildman–Crippen LogP) is 1.79. The molecule has 88 valence electrons. The van der Waals surface area contributed by atoms with E-state index >= 15 is 0 Å². The van der Waals surface area contributed by atoms with Crippen LogP contribution >= 0.6 is 11.3 Å². The number of anilines is 1. The monoisotopic (exact) mass is 251 g/mol. The van der Waals surface area contributed by atoms with Gasteiger partial charge in [0.1, 0.15) is 5.82 Å². The Bertz CT molecular complexity index is 541. The Hall–Kier alpha value is -1.95. The van der Waals surface area contributed by atoms with Crippen LogP contribution < -0.4 is 11.1 Å². The number of nitrogens with one attached hydrogen (secondary N) is 1. The second-order valence-electron chi connectivity index (χ2n) is 3.37. The van der Waals surface area contributed by atoms with Gasteiger partial charge in [-0.2, -0.15) is 0 Å². The van der Waals surface area contributed by atoms with Crippen molar-refractivity contribution in [2.75, 3.05) is 5.73 Å². The van der Waals surface area contributed by atoms with Gasteiger partial charge >= 0.3 is 0 Å². The lowest BCUT2D eigenvalue weighted by molar-refractivity contribution is 0.0950. The summed E-state index contributed by atoms with van der Waals surface area (Å²) in [6, 6.07) is 5.52. The van der Waals surface area contributed by atoms with Crippen LogP contribution in [0.2, 0.25) is 0 Å². The molecule has 0 fully saturated rings. The topological polar surface area (TPSA) is 68.0 Å². The fraction of sp³-hybridized carbons (Fsp3) is 0.0909. The van der Waals surface area contributed by atoms with Crippen molar-refractivity contribution in [1.82, 2.24) is 10.3 Å². The van der Waals surface area contributed by atoms with Crippen LogP contribution in [0.3, 0.4) is 0 Å². The molecule has 0 aliphatic rings. The number of nitrogens with two attached hydrogens (primary N) is 1. The zero-order chi connectivity index (χ0) is 12.3. The van der Waals surface area contributed by atoms with Gasteiger partial charge in [0.05, 0.1) is 12.2 Å². The maximum atomic E-state index is 12.9. The van der Waals surface area contributed by atoms with Crippen molar-refractivity contribution in [3.63, 3.8) is 0 Å². The zero-order valence-corrected chi connectivity index (χ0v) is 9.63. The number of nitrogens with zero attached hydrogens (tertiary/aromatic N) is 1. The van der Waals surface area contributed by atoms with Crippen LogP contribution in [0.1, 0.15) is 16.1 Å². The van der Waals surface area contributed by atoms with Gasteiger partial charge in [-0.05, 0) is 18.2 Å². The van der Waals surface area contributed by atoms with Gasteiger partial charge in [0.25, 0.3) is 5.91 Å². The molecule has 6 heteroatoms. The van der Waals surface area contributed by atoms with E-state index in [1.165, 1.54) is 29.5 Å². The number of carbonyl (C=O) groups excluding carboxylic acids is 1. The molecule has 0 saturated heterocycles. The predicted molar refractivity (Wildman–Crippen MR) is 64.1 cm³/mol. The van der Waals surface area contributed by atoms with Crippen molar-refractivity contribution in [3.8, 4) is 0 Å². The molecule has 2 aromatic rings. The maximum Gasteiger partial charge on any atom is 0.251 e. The van der Waals surface area contributed by atoms with Gasteiger partial charge in [-0.15, -0.1) is 11.3 Å². The fourth-order valence-electron chi connectivity index (χ4n) is 1.31. The van der Waals surface area contributed by atoms with Crippen molar-refractivity contribution in [3.05, 3.63) is 46.7 Å². The minimum absolute atomic E-state index is 0.281. The molecule has 1 aromatic carbocycles. The van der Waals surface area contributed by atoms with E-state index in [1.54, 1.807) is 11.4 Å². The van der Waals surface area contributed by atoms with Crippen molar-refractivity contribution in [2.24, 2.45) is 0 Å². The van der Waals surface area contributed by atoms with Gasteiger partial charge in [-0.3, -0.25) is 4.79 Å². The molecule has 2 rings (SSSR count). The Morgan fingerprint density at radius 3 is 3.00 bits per heavy atom. The molecule has 17 heavy (non-hydrogen) atoms. The van der Waals surface area contributed by atoms with Crippen LogP contribution in [-0.2, 0) is 6.54 Å². The Morgan fingerprint density at radius 2 is 2.35 bits per heavy atom. The molecule has 1 aromatic heterocycles. The van der Waals surface area contributed by atoms with Crippen molar-refractivity contribution in [1.29, 1.82) is 0 Å². The van der Waals surface area contributed by atoms with Gasteiger partial charge < -0.3 is 11.1 Å². The largest absolute Gasteiger partial charge is 0.375 e. The molecule has 0 atom stereocenters. The zero-order valence-electron chi connectivity index (χ0n) is 8.81. The van der Waals surface area contributed by atoms with Crippen LogP contribution in [0.25, 0.3) is 0 Å². The third kappa shape index (κ3) is 3.01. The molecule has 0 aliphatic carbocycles. The molecule has 0 spiro atoms. The van der Waals surface area contributed by atoms with Gasteiger partial charge in [0.15, 0.2) is 5.13 Å². The second kappa shape index (κ2) is 4.92. The summed E-state index contributed by atoms with van der Waals surface area (Å²) in [6.45, 7) is 0.281. The minimum atomic E-state index is -0.435. The normalized spacial score (nSPS) is 10.2. The number of rotatable bonds is 3. The van der Waals surface area contributed by atoms with E-state index in [4.69, 9.17) is 5.73 Å². The highest BCUT2D eigenvalue weighted by Gasteiger charge is 2.07. The van der Waals surface area contributed by atoms with E-state index in [0.29, 0.717) is 10.8 Å². The highest BCUT2D eigenvalue weighted by molar-refractivity contribution is 7.13. The number of aromatic nitrogens is 1. The summed E-state index contributed by atoms with van der Waals surface area (Å²) >= 11 is 1.31. The standard InChI is InChI=1S/C11H10FN3OS/c12-8-3-1-2-7(4-8)10(16)14-5-9-6-17-11(13)15-9/h1-4,6H,5H2,(H2,13,15)(H,14,16). The quantitative estimate of drug-likeness (QED) is 0.874. The van der Waals surface area contributed by atoms with Crippen LogP contribution in [0.15, 0.2) is 29.6 Å². The molecular weight excluding hydrogens is 241 g/mol. The molecule has 0 aliphatic heterocycles. The third-order valence-electron chi connectivity index (χ3n) is 2.09. The molecule has 1 amide bonds. The number of halogens is 1. The summed E-state index contributed by atoms with van der Waals surface area (Å²) in [5.74, 6) is -0.772. The van der Waals surface area contributed by atoms with Crippen LogP contribution in [0.5, 0.6) is 0 Å². The average molecular weight is 251 g/mol. The number of carbonyl (C=O) groups is 1. The SMILES string of the molecule is Nc1nc(CNC(=O)c2cccc(F)c2)cs1. The summed E-state index contributed by atoms with van der Waals surface area (Å²) < 4.78 is 12.9. The van der Waals surface area contributed by atoms with E-state index in [0.717, 1.165) is 0 Å². The van der Waals surface area contributed by atoms with Crippen LogP contribution in [0.4, 0.5) is 9.52 Å². The molecule has 0 radical (unpaired) electrons. The molecule has 3 N–H and O–H groups in total. The van der Waals surface area contributed by atoms with Gasteiger partial charge in [-0.1, -0.05) is 6.07 Å². The van der Waals surface area contributed by atoms with Crippen LogP contribution in [0, 0.1) is 5.82 Å². The van der Waals surface area contributed by atoms with Crippen molar-refractivity contribution < 1.29 is 9.18 Å². The third-order valence-corrected chi connectivity index (χ3v) is 2.81. The number of thiazole rings is 1. The maximum absolute atomic E-state index is 12.9. The van der Waals surface area contributed by atoms with Gasteiger partial charge in [0.2, 0.25) is 0 Å². The van der Waals surface area contributed by atoms with E-state index in [1.807, 2.05) is 0 Å². The summed E-state index contributed by atoms with van der Waals surface area (Å²) in [5.41, 5.74) is 6.44. The molecule has 0 saturated carbocycles. The Balaban J connectivity index is 1.98. The van der Waals surface area contributed by atoms with Crippen molar-refractivity contribution in [2.45, 2.75) is 6.54 Å². The summed E-state index contributed by atoms with van der Waals surface area (Å²) in [7, 11) is 0. The number of hydrogen-bond acceptors (Lipinski definition) is 4. The first-order valence-electron chi connectivity index (χ1n) is 4.89. The number of amides is 1. The number of nitrogen functional groups attached to an aromatic ring is 1. The smallest absolute Gasteiger partial charge is 0.251 e. The lowest BCUT2D eigenvalue weighted by Crippen LogP contribution is -2.23. The molecule has 4 nitrogen and oxygen atoms in total. The molecule has 0 bridgehead atoms. The van der Waals surface area contributed by atoms with E-state index in [-0.39, 0.29) is 18.0 Å². The first-order chi connectivity index (χ1) is 8.15. The summed E-state index contributed by atoms with van der Waals surface area (Å²) in [4.78, 5) is 15.6. The first kappa shape index (κ1) is 11.5. The van der Waals surface area contributed by atoms with Crippen molar-refractivity contribution >= 4 is 22.4 Å². The summed E-state index contributed by atoms with van der Waals surface area (Å²) in [6.07, 6.45) is 0. The van der Waals surface area contributed by atoms with E-state index in [2.05, 4.69) is 10.3 Å². The highest BCUT2D eigenvalue weighted by atomic mass is 32.1. The second-order valence-corrected chi connectivity index (χ2v) is 4.26. The molecular formula is C11H10FN3OS. The average Bonchev–Trinajstić information content (AvgIpc) is 2.72. The van der Waals surface area contributed by atoms with Crippen LogP contribution in [-0.4, -0.2) is 10.9 Å². The van der Waals surface area contributed by atoms with Gasteiger partial charge in [0, 0.05) is 10.9 Å². The minimum Gasteiger partial charge on any atom is -0.375 e. The number of hydrogen-bond donors (Lipinski definition) is 2. The molecule has 1 heterocycles. The lowest BCUT2D eigenvalue weighted by atomic mass is 10.2. The Morgan fingerprint density at radius 1 is 1.53 bits per heavy atom. The first-order valence-corrected chi connectivity index (χ1v) is 5.77. The lowest BCUT2D eigenvalue weighted by Gasteiger charge is -2.03. The highest BCUT2D eigenvalue weighted by Crippen LogP contribution is 2.10. The Kier molecular flexibility index (Phi) is 3.34.